The summed E-state index contributed by atoms with van der Waals surface area (Å²) in [7, 11) is 0. The van der Waals surface area contributed by atoms with Gasteiger partial charge in [-0.15, -0.1) is 0 Å². The number of Topliss-reactive ketones (excluding diaryl/α,β-unsaturated/α-hetero) is 2. The Kier molecular flexibility index (Phi) is 14.1. The SMILES string of the molecule is CC#N.CC(=O)c1c(C)cc(OC(C)C)cc1C.Cc1cc(OC(C)C)cc(C)c1C(=O)CBr. The van der Waals surface area contributed by atoms with Crippen LogP contribution in [0.2, 0.25) is 0 Å². The first-order valence-electron chi connectivity index (χ1n) is 11.3. The van der Waals surface area contributed by atoms with Gasteiger partial charge in [0.2, 0.25) is 0 Å². The highest BCUT2D eigenvalue weighted by molar-refractivity contribution is 9.09. The number of ether oxygens (including phenoxy) is 2. The maximum Gasteiger partial charge on any atom is 0.173 e. The molecular formula is C28H38BrNO4. The van der Waals surface area contributed by atoms with Crippen LogP contribution in [-0.2, 0) is 0 Å². The van der Waals surface area contributed by atoms with E-state index in [1.165, 1.54) is 6.92 Å². The number of hydrogen-bond donors (Lipinski definition) is 0. The van der Waals surface area contributed by atoms with Crippen molar-refractivity contribution in [1.29, 1.82) is 5.26 Å². The number of nitrogens with zero attached hydrogens (tertiary/aromatic N) is 1. The van der Waals surface area contributed by atoms with Crippen LogP contribution in [0.15, 0.2) is 24.3 Å². The highest BCUT2D eigenvalue weighted by Gasteiger charge is 2.13. The average Bonchev–Trinajstić information content (AvgIpc) is 2.66. The molecule has 0 radical (unpaired) electrons. The number of halogens is 1. The number of alkyl halides is 1. The predicted octanol–water partition coefficient (Wildman–Crippen LogP) is 7.49. The molecule has 0 amide bonds. The number of carbonyl (C=O) groups is 2. The van der Waals surface area contributed by atoms with Gasteiger partial charge in [0.1, 0.15) is 11.5 Å². The fourth-order valence-electron chi connectivity index (χ4n) is 3.59. The standard InChI is InChI=1S/C13H17BrO2.C13H18O2.C2H3N/c1-8(2)16-11-5-9(3)13(10(4)6-11)12(15)7-14;1-8(2)15-12-6-9(3)13(11(5)14)10(4)7-12;1-2-3/h5-6,8H,7H2,1-4H3;6-8H,1-5H3;1H3. The van der Waals surface area contributed by atoms with E-state index in [0.29, 0.717) is 5.33 Å². The second kappa shape index (κ2) is 15.3. The summed E-state index contributed by atoms with van der Waals surface area (Å²) in [5, 5.41) is 7.68. The van der Waals surface area contributed by atoms with Crippen LogP contribution in [0.3, 0.4) is 0 Å². The quantitative estimate of drug-likeness (QED) is 0.273. The van der Waals surface area contributed by atoms with E-state index < -0.39 is 0 Å². The van der Waals surface area contributed by atoms with E-state index in [1.807, 2.05) is 79.7 Å². The van der Waals surface area contributed by atoms with Crippen molar-refractivity contribution in [3.8, 4) is 17.6 Å². The molecular weight excluding hydrogens is 494 g/mol. The summed E-state index contributed by atoms with van der Waals surface area (Å²) >= 11 is 3.20. The normalized spacial score (nSPS) is 9.88. The van der Waals surface area contributed by atoms with E-state index in [9.17, 15) is 9.59 Å². The van der Waals surface area contributed by atoms with Gasteiger partial charge in [0, 0.05) is 18.1 Å². The van der Waals surface area contributed by atoms with E-state index in [1.54, 1.807) is 13.0 Å². The summed E-state index contributed by atoms with van der Waals surface area (Å²) in [4.78, 5) is 23.1. The third-order valence-corrected chi connectivity index (χ3v) is 5.02. The Morgan fingerprint density at radius 1 is 0.824 bits per heavy atom. The minimum absolute atomic E-state index is 0.112. The number of carbonyl (C=O) groups excluding carboxylic acids is 2. The third-order valence-electron chi connectivity index (χ3n) is 4.51. The number of nitriles is 1. The Labute approximate surface area is 213 Å². The summed E-state index contributed by atoms with van der Waals surface area (Å²) in [6, 6.07) is 9.43. The minimum Gasteiger partial charge on any atom is -0.491 e. The lowest BCUT2D eigenvalue weighted by atomic mass is 9.99. The zero-order valence-corrected chi connectivity index (χ0v) is 23.7. The van der Waals surface area contributed by atoms with Crippen LogP contribution >= 0.6 is 15.9 Å². The maximum absolute atomic E-state index is 11.7. The molecule has 34 heavy (non-hydrogen) atoms. The van der Waals surface area contributed by atoms with Gasteiger partial charge in [-0.2, -0.15) is 5.26 Å². The van der Waals surface area contributed by atoms with E-state index in [-0.39, 0.29) is 23.8 Å². The highest BCUT2D eigenvalue weighted by atomic mass is 79.9. The molecule has 0 aliphatic rings. The molecule has 6 heteroatoms. The molecule has 0 bridgehead atoms. The molecule has 2 aromatic rings. The third kappa shape index (κ3) is 10.5. The van der Waals surface area contributed by atoms with Gasteiger partial charge >= 0.3 is 0 Å². The zero-order valence-electron chi connectivity index (χ0n) is 22.1. The van der Waals surface area contributed by atoms with Crippen LogP contribution < -0.4 is 9.47 Å². The van der Waals surface area contributed by atoms with Crippen molar-refractivity contribution in [2.24, 2.45) is 0 Å². The van der Waals surface area contributed by atoms with Gasteiger partial charge in [-0.25, -0.2) is 0 Å². The first kappa shape index (κ1) is 31.4. The van der Waals surface area contributed by atoms with Gasteiger partial charge < -0.3 is 9.47 Å². The molecule has 0 atom stereocenters. The lowest BCUT2D eigenvalue weighted by Gasteiger charge is -2.14. The van der Waals surface area contributed by atoms with Crippen LogP contribution in [0, 0.1) is 39.0 Å². The Morgan fingerprint density at radius 3 is 1.35 bits per heavy atom. The first-order chi connectivity index (χ1) is 15.8. The summed E-state index contributed by atoms with van der Waals surface area (Å²) < 4.78 is 11.2. The molecule has 0 heterocycles. The second-order valence-corrected chi connectivity index (χ2v) is 9.09. The molecule has 0 saturated carbocycles. The lowest BCUT2D eigenvalue weighted by Crippen LogP contribution is -2.09. The van der Waals surface area contributed by atoms with Crippen LogP contribution in [0.4, 0.5) is 0 Å². The predicted molar refractivity (Wildman–Crippen MR) is 143 cm³/mol. The smallest absolute Gasteiger partial charge is 0.173 e. The Hall–Kier alpha value is -2.65. The van der Waals surface area contributed by atoms with Crippen molar-refractivity contribution >= 4 is 27.5 Å². The highest BCUT2D eigenvalue weighted by Crippen LogP contribution is 2.24. The summed E-state index contributed by atoms with van der Waals surface area (Å²) in [5.74, 6) is 1.90. The van der Waals surface area contributed by atoms with E-state index >= 15 is 0 Å². The molecule has 0 unspecified atom stereocenters. The van der Waals surface area contributed by atoms with E-state index in [0.717, 1.165) is 44.9 Å². The summed E-state index contributed by atoms with van der Waals surface area (Å²) in [5.41, 5.74) is 5.52. The molecule has 0 N–H and O–H groups in total. The molecule has 186 valence electrons. The molecule has 0 aromatic heterocycles. The van der Waals surface area contributed by atoms with Gasteiger partial charge in [-0.05, 0) is 109 Å². The minimum atomic E-state index is 0.112. The zero-order chi connectivity index (χ0) is 26.6. The molecule has 2 aromatic carbocycles. The van der Waals surface area contributed by atoms with Crippen molar-refractivity contribution in [1.82, 2.24) is 0 Å². The van der Waals surface area contributed by atoms with Crippen LogP contribution in [0.5, 0.6) is 11.5 Å². The van der Waals surface area contributed by atoms with Crippen LogP contribution in [-0.4, -0.2) is 29.1 Å². The van der Waals surface area contributed by atoms with Gasteiger partial charge in [-0.3, -0.25) is 9.59 Å². The summed E-state index contributed by atoms with van der Waals surface area (Å²) in [6.45, 7) is 18.7. The molecule has 0 fully saturated rings. The summed E-state index contributed by atoms with van der Waals surface area (Å²) in [6.07, 6.45) is 0.309. The largest absolute Gasteiger partial charge is 0.491 e. The number of benzene rings is 2. The molecule has 2 rings (SSSR count). The Balaban J connectivity index is 0.000000575. The number of aryl methyl sites for hydroxylation is 4. The van der Waals surface area contributed by atoms with Crippen molar-refractivity contribution < 1.29 is 19.1 Å². The molecule has 5 nitrogen and oxygen atoms in total. The maximum atomic E-state index is 11.7. The van der Waals surface area contributed by atoms with Crippen LogP contribution in [0.25, 0.3) is 0 Å². The molecule has 0 aliphatic heterocycles. The van der Waals surface area contributed by atoms with Crippen molar-refractivity contribution in [3.63, 3.8) is 0 Å². The van der Waals surface area contributed by atoms with Crippen molar-refractivity contribution in [2.45, 2.75) is 81.4 Å². The average molecular weight is 533 g/mol. The molecule has 0 spiro atoms. The second-order valence-electron chi connectivity index (χ2n) is 8.53. The monoisotopic (exact) mass is 531 g/mol. The van der Waals surface area contributed by atoms with Crippen molar-refractivity contribution in [2.75, 3.05) is 5.33 Å². The lowest BCUT2D eigenvalue weighted by molar-refractivity contribution is 0.101. The first-order valence-corrected chi connectivity index (χ1v) is 12.4. The topological polar surface area (TPSA) is 76.4 Å². The van der Waals surface area contributed by atoms with Crippen LogP contribution in [0.1, 0.15) is 84.5 Å². The fraction of sp³-hybridized carbons (Fsp3) is 0.464. The number of rotatable bonds is 7. The number of ketones is 2. The molecule has 0 aliphatic carbocycles. The van der Waals surface area contributed by atoms with Gasteiger partial charge in [0.25, 0.3) is 0 Å². The van der Waals surface area contributed by atoms with Gasteiger partial charge in [-0.1, -0.05) is 15.9 Å². The Bertz CT molecular complexity index is 974. The Morgan fingerprint density at radius 2 is 1.12 bits per heavy atom. The van der Waals surface area contributed by atoms with E-state index in [4.69, 9.17) is 14.7 Å². The van der Waals surface area contributed by atoms with Gasteiger partial charge in [0.15, 0.2) is 11.6 Å². The fourth-order valence-corrected chi connectivity index (χ4v) is 3.87. The van der Waals surface area contributed by atoms with Crippen molar-refractivity contribution in [3.05, 3.63) is 57.6 Å². The molecule has 0 saturated heterocycles. The van der Waals surface area contributed by atoms with E-state index in [2.05, 4.69) is 15.9 Å². The number of hydrogen-bond acceptors (Lipinski definition) is 5. The van der Waals surface area contributed by atoms with Gasteiger partial charge in [0.05, 0.1) is 23.6 Å².